The molecule has 1 aliphatic rings. The highest BCUT2D eigenvalue weighted by Crippen LogP contribution is 2.29. The zero-order valence-electron chi connectivity index (χ0n) is 10.3. The van der Waals surface area contributed by atoms with Crippen LogP contribution in [0.1, 0.15) is 26.7 Å². The molecule has 0 spiro atoms. The highest BCUT2D eigenvalue weighted by atomic mass is 16.3. The van der Waals surface area contributed by atoms with Gasteiger partial charge in [0.15, 0.2) is 5.82 Å². The van der Waals surface area contributed by atoms with Crippen LogP contribution in [0.2, 0.25) is 0 Å². The molecule has 0 unspecified atom stereocenters. The van der Waals surface area contributed by atoms with Crippen LogP contribution in [0.5, 0.6) is 0 Å². The normalized spacial score (nSPS) is 15.5. The zero-order valence-corrected chi connectivity index (χ0v) is 10.3. The zero-order chi connectivity index (χ0) is 12.4. The van der Waals surface area contributed by atoms with Gasteiger partial charge in [0, 0.05) is 26.2 Å². The van der Waals surface area contributed by atoms with Crippen molar-refractivity contribution < 1.29 is 0 Å². The largest absolute Gasteiger partial charge is 0.355 e. The van der Waals surface area contributed by atoms with Gasteiger partial charge in [-0.15, -0.1) is 4.91 Å². The summed E-state index contributed by atoms with van der Waals surface area (Å²) in [6, 6.07) is 0. The molecule has 0 bridgehead atoms. The molecule has 6 nitrogen and oxygen atoms in total. The van der Waals surface area contributed by atoms with Crippen molar-refractivity contribution in [1.29, 1.82) is 0 Å². The highest BCUT2D eigenvalue weighted by molar-refractivity contribution is 5.62. The predicted octanol–water partition coefficient (Wildman–Crippen LogP) is 1.69. The first-order valence-corrected chi connectivity index (χ1v) is 6.16. The standard InChI is InChI=1S/C11H18N4O2/c1-3-14-10(13-7-5-6-8-13)9(12-17)11(16)15(14)4-2/h3-8H2,1-2H3. The lowest BCUT2D eigenvalue weighted by Gasteiger charge is -2.20. The molecule has 6 heteroatoms. The molecule has 0 N–H and O–H groups in total. The van der Waals surface area contributed by atoms with Crippen LogP contribution in [0.4, 0.5) is 11.5 Å². The van der Waals surface area contributed by atoms with Crippen molar-refractivity contribution in [1.82, 2.24) is 9.36 Å². The van der Waals surface area contributed by atoms with E-state index in [1.807, 2.05) is 18.5 Å². The molecule has 0 radical (unpaired) electrons. The quantitative estimate of drug-likeness (QED) is 0.750. The van der Waals surface area contributed by atoms with Crippen LogP contribution in [0.15, 0.2) is 9.97 Å². The number of hydrogen-bond acceptors (Lipinski definition) is 4. The van der Waals surface area contributed by atoms with Crippen molar-refractivity contribution in [3.05, 3.63) is 15.3 Å². The fraction of sp³-hybridized carbons (Fsp3) is 0.727. The Kier molecular flexibility index (Phi) is 3.31. The van der Waals surface area contributed by atoms with Gasteiger partial charge in [-0.3, -0.25) is 9.48 Å². The van der Waals surface area contributed by atoms with Gasteiger partial charge in [0.05, 0.1) is 0 Å². The lowest BCUT2D eigenvalue weighted by molar-refractivity contribution is 0.476. The number of hydrogen-bond donors (Lipinski definition) is 0. The van der Waals surface area contributed by atoms with Gasteiger partial charge in [0.1, 0.15) is 0 Å². The molecule has 1 aliphatic heterocycles. The third kappa shape index (κ3) is 1.77. The van der Waals surface area contributed by atoms with Crippen molar-refractivity contribution >= 4 is 11.5 Å². The third-order valence-corrected chi connectivity index (χ3v) is 3.28. The summed E-state index contributed by atoms with van der Waals surface area (Å²) in [6.07, 6.45) is 2.21. The van der Waals surface area contributed by atoms with Gasteiger partial charge in [-0.25, -0.2) is 4.68 Å². The second-order valence-electron chi connectivity index (χ2n) is 4.19. The molecule has 1 aromatic heterocycles. The molecule has 1 aromatic rings. The third-order valence-electron chi connectivity index (χ3n) is 3.28. The molecular weight excluding hydrogens is 220 g/mol. The van der Waals surface area contributed by atoms with Crippen LogP contribution in [0.3, 0.4) is 0 Å². The van der Waals surface area contributed by atoms with Gasteiger partial charge in [-0.2, -0.15) is 0 Å². The van der Waals surface area contributed by atoms with Gasteiger partial charge in [-0.05, 0) is 31.9 Å². The maximum absolute atomic E-state index is 12.0. The van der Waals surface area contributed by atoms with Crippen molar-refractivity contribution in [2.75, 3.05) is 18.0 Å². The summed E-state index contributed by atoms with van der Waals surface area (Å²) >= 11 is 0. The Morgan fingerprint density at radius 3 is 2.18 bits per heavy atom. The van der Waals surface area contributed by atoms with Crippen molar-refractivity contribution in [2.24, 2.45) is 5.18 Å². The summed E-state index contributed by atoms with van der Waals surface area (Å²) in [5, 5.41) is 2.95. The van der Waals surface area contributed by atoms with Crippen LogP contribution < -0.4 is 10.5 Å². The van der Waals surface area contributed by atoms with Gasteiger partial charge >= 0.3 is 0 Å². The molecule has 1 saturated heterocycles. The molecule has 1 fully saturated rings. The fourth-order valence-corrected chi connectivity index (χ4v) is 2.52. The Morgan fingerprint density at radius 1 is 1.12 bits per heavy atom. The van der Waals surface area contributed by atoms with E-state index in [0.717, 1.165) is 25.9 Å². The van der Waals surface area contributed by atoms with Crippen LogP contribution in [-0.2, 0) is 13.1 Å². The maximum Gasteiger partial charge on any atom is 0.298 e. The van der Waals surface area contributed by atoms with E-state index < -0.39 is 0 Å². The Morgan fingerprint density at radius 2 is 1.71 bits per heavy atom. The SMILES string of the molecule is CCn1c(N2CCCC2)c(N=O)c(=O)n1CC. The summed E-state index contributed by atoms with van der Waals surface area (Å²) in [5.41, 5.74) is -0.207. The molecule has 0 atom stereocenters. The minimum absolute atomic E-state index is 0.0654. The molecular formula is C11H18N4O2. The average Bonchev–Trinajstić information content (AvgIpc) is 2.93. The number of nitrogens with zero attached hydrogens (tertiary/aromatic N) is 4. The summed E-state index contributed by atoms with van der Waals surface area (Å²) in [4.78, 5) is 25.0. The Hall–Kier alpha value is -1.59. The van der Waals surface area contributed by atoms with E-state index in [0.29, 0.717) is 18.9 Å². The smallest absolute Gasteiger partial charge is 0.298 e. The molecule has 2 rings (SSSR count). The van der Waals surface area contributed by atoms with Crippen molar-refractivity contribution in [3.63, 3.8) is 0 Å². The van der Waals surface area contributed by atoms with Gasteiger partial charge in [0.2, 0.25) is 5.69 Å². The molecule has 17 heavy (non-hydrogen) atoms. The highest BCUT2D eigenvalue weighted by Gasteiger charge is 2.26. The minimum Gasteiger partial charge on any atom is -0.355 e. The molecule has 0 saturated carbocycles. The summed E-state index contributed by atoms with van der Waals surface area (Å²) in [6.45, 7) is 6.90. The first-order valence-electron chi connectivity index (χ1n) is 6.16. The molecule has 2 heterocycles. The van der Waals surface area contributed by atoms with E-state index in [2.05, 4.69) is 10.1 Å². The Labute approximate surface area is 99.8 Å². The lowest BCUT2D eigenvalue weighted by atomic mass is 10.4. The van der Waals surface area contributed by atoms with Crippen LogP contribution in [0, 0.1) is 4.91 Å². The monoisotopic (exact) mass is 238 g/mol. The predicted molar refractivity (Wildman–Crippen MR) is 66.9 cm³/mol. The van der Waals surface area contributed by atoms with Crippen LogP contribution in [-0.4, -0.2) is 22.5 Å². The summed E-state index contributed by atoms with van der Waals surface area (Å²) < 4.78 is 3.45. The van der Waals surface area contributed by atoms with E-state index in [9.17, 15) is 9.70 Å². The molecule has 0 aliphatic carbocycles. The van der Waals surface area contributed by atoms with Crippen molar-refractivity contribution in [2.45, 2.75) is 39.8 Å². The lowest BCUT2D eigenvalue weighted by Crippen LogP contribution is -2.25. The topological polar surface area (TPSA) is 59.6 Å². The van der Waals surface area contributed by atoms with Gasteiger partial charge in [-0.1, -0.05) is 0 Å². The average molecular weight is 238 g/mol. The van der Waals surface area contributed by atoms with Crippen molar-refractivity contribution in [3.8, 4) is 0 Å². The molecule has 0 aromatic carbocycles. The molecule has 0 amide bonds. The van der Waals surface area contributed by atoms with E-state index in [4.69, 9.17) is 0 Å². The Bertz CT molecular complexity index is 469. The van der Waals surface area contributed by atoms with Crippen LogP contribution in [0.25, 0.3) is 0 Å². The second-order valence-corrected chi connectivity index (χ2v) is 4.19. The first kappa shape index (κ1) is 11.9. The summed E-state index contributed by atoms with van der Waals surface area (Å²) in [5.74, 6) is 0.701. The summed E-state index contributed by atoms with van der Waals surface area (Å²) in [7, 11) is 0. The van der Waals surface area contributed by atoms with Gasteiger partial charge in [0.25, 0.3) is 5.56 Å². The molecule has 94 valence electrons. The number of aromatic nitrogens is 2. The van der Waals surface area contributed by atoms with Crippen LogP contribution >= 0.6 is 0 Å². The second kappa shape index (κ2) is 4.73. The number of rotatable bonds is 4. The number of nitroso groups, excluding NO2 is 1. The number of anilines is 1. The van der Waals surface area contributed by atoms with E-state index in [-0.39, 0.29) is 11.2 Å². The minimum atomic E-state index is -0.272. The maximum atomic E-state index is 12.0. The van der Waals surface area contributed by atoms with E-state index in [1.165, 1.54) is 0 Å². The van der Waals surface area contributed by atoms with Gasteiger partial charge < -0.3 is 4.90 Å². The van der Waals surface area contributed by atoms with E-state index in [1.54, 1.807) is 4.68 Å². The first-order chi connectivity index (χ1) is 8.24. The fourth-order valence-electron chi connectivity index (χ4n) is 2.52. The Balaban J connectivity index is 2.61. The van der Waals surface area contributed by atoms with E-state index >= 15 is 0 Å².